The van der Waals surface area contributed by atoms with Gasteiger partial charge in [-0.2, -0.15) is 0 Å². The van der Waals surface area contributed by atoms with Gasteiger partial charge in [0.1, 0.15) is 0 Å². The van der Waals surface area contributed by atoms with Gasteiger partial charge in [0.15, 0.2) is 0 Å². The molecule has 0 radical (unpaired) electrons. The SMILES string of the molecule is CCNCCCCS(=O)(=O)NCC1CCOCC1. The minimum atomic E-state index is -3.09. The molecule has 5 nitrogen and oxygen atoms in total. The van der Waals surface area contributed by atoms with E-state index < -0.39 is 10.0 Å². The number of nitrogens with one attached hydrogen (secondary N) is 2. The molecule has 6 heteroatoms. The van der Waals surface area contributed by atoms with Crippen molar-refractivity contribution in [2.75, 3.05) is 38.6 Å². The van der Waals surface area contributed by atoms with Gasteiger partial charge in [0.05, 0.1) is 5.75 Å². The normalized spacial score (nSPS) is 18.1. The second-order valence-corrected chi connectivity index (χ2v) is 6.71. The quantitative estimate of drug-likeness (QED) is 0.610. The smallest absolute Gasteiger partial charge is 0.211 e. The van der Waals surface area contributed by atoms with Crippen LogP contribution < -0.4 is 10.0 Å². The molecular weight excluding hydrogens is 252 g/mol. The van der Waals surface area contributed by atoms with Crippen molar-refractivity contribution in [3.8, 4) is 0 Å². The Morgan fingerprint density at radius 1 is 1.22 bits per heavy atom. The molecule has 2 N–H and O–H groups in total. The Labute approximate surface area is 111 Å². The number of ether oxygens (including phenoxy) is 1. The van der Waals surface area contributed by atoms with Gasteiger partial charge in [0.25, 0.3) is 0 Å². The summed E-state index contributed by atoms with van der Waals surface area (Å²) in [5.74, 6) is 0.678. The van der Waals surface area contributed by atoms with E-state index in [0.29, 0.717) is 12.5 Å². The molecule has 0 aromatic heterocycles. The Morgan fingerprint density at radius 3 is 2.61 bits per heavy atom. The number of unbranched alkanes of at least 4 members (excludes halogenated alkanes) is 1. The van der Waals surface area contributed by atoms with Crippen LogP contribution in [-0.4, -0.2) is 47.0 Å². The van der Waals surface area contributed by atoms with Crippen molar-refractivity contribution in [2.45, 2.75) is 32.6 Å². The first-order valence-electron chi connectivity index (χ1n) is 6.90. The molecule has 1 fully saturated rings. The molecule has 1 rings (SSSR count). The van der Waals surface area contributed by atoms with Crippen molar-refractivity contribution >= 4 is 10.0 Å². The molecular formula is C12H26N2O3S. The summed E-state index contributed by atoms with van der Waals surface area (Å²) in [6.07, 6.45) is 3.55. The van der Waals surface area contributed by atoms with Gasteiger partial charge < -0.3 is 10.1 Å². The first-order valence-corrected chi connectivity index (χ1v) is 8.55. The Bertz CT molecular complexity index is 300. The lowest BCUT2D eigenvalue weighted by molar-refractivity contribution is 0.0678. The standard InChI is InChI=1S/C12H26N2O3S/c1-2-13-7-3-4-10-18(15,16)14-11-12-5-8-17-9-6-12/h12-14H,2-11H2,1H3. The van der Waals surface area contributed by atoms with Crippen LogP contribution in [0.4, 0.5) is 0 Å². The molecule has 0 unspecified atom stereocenters. The van der Waals surface area contributed by atoms with E-state index in [0.717, 1.165) is 52.0 Å². The molecule has 1 aliphatic rings. The van der Waals surface area contributed by atoms with E-state index in [9.17, 15) is 8.42 Å². The first-order chi connectivity index (χ1) is 8.64. The lowest BCUT2D eigenvalue weighted by Crippen LogP contribution is -2.33. The maximum atomic E-state index is 11.7. The fourth-order valence-corrected chi connectivity index (χ4v) is 3.20. The number of sulfonamides is 1. The van der Waals surface area contributed by atoms with Gasteiger partial charge in [0, 0.05) is 19.8 Å². The predicted molar refractivity (Wildman–Crippen MR) is 73.1 cm³/mol. The summed E-state index contributed by atoms with van der Waals surface area (Å²) < 4.78 is 31.5. The summed E-state index contributed by atoms with van der Waals surface area (Å²) in [6.45, 7) is 5.97. The molecule has 0 atom stereocenters. The minimum Gasteiger partial charge on any atom is -0.381 e. The first kappa shape index (κ1) is 15.9. The lowest BCUT2D eigenvalue weighted by Gasteiger charge is -2.22. The average Bonchev–Trinajstić information content (AvgIpc) is 2.38. The summed E-state index contributed by atoms with van der Waals surface area (Å²) in [5.41, 5.74) is 0. The van der Waals surface area contributed by atoms with Crippen LogP contribution in [0.15, 0.2) is 0 Å². The molecule has 18 heavy (non-hydrogen) atoms. The van der Waals surface area contributed by atoms with Crippen LogP contribution >= 0.6 is 0 Å². The summed E-state index contributed by atoms with van der Waals surface area (Å²) in [6, 6.07) is 0. The van der Waals surface area contributed by atoms with Gasteiger partial charge in [-0.1, -0.05) is 6.92 Å². The highest BCUT2D eigenvalue weighted by Gasteiger charge is 2.17. The highest BCUT2D eigenvalue weighted by Crippen LogP contribution is 2.13. The van der Waals surface area contributed by atoms with Crippen molar-refractivity contribution in [3.63, 3.8) is 0 Å². The van der Waals surface area contributed by atoms with Crippen molar-refractivity contribution in [1.82, 2.24) is 10.0 Å². The van der Waals surface area contributed by atoms with E-state index in [-0.39, 0.29) is 5.75 Å². The topological polar surface area (TPSA) is 67.4 Å². The van der Waals surface area contributed by atoms with E-state index in [1.165, 1.54) is 0 Å². The van der Waals surface area contributed by atoms with Gasteiger partial charge in [0.2, 0.25) is 10.0 Å². The van der Waals surface area contributed by atoms with Gasteiger partial charge >= 0.3 is 0 Å². The monoisotopic (exact) mass is 278 g/mol. The maximum Gasteiger partial charge on any atom is 0.211 e. The second kappa shape index (κ2) is 8.85. The fraction of sp³-hybridized carbons (Fsp3) is 1.00. The molecule has 0 saturated carbocycles. The third-order valence-corrected chi connectivity index (χ3v) is 4.63. The van der Waals surface area contributed by atoms with Crippen LogP contribution in [0.3, 0.4) is 0 Å². The number of hydrogen-bond acceptors (Lipinski definition) is 4. The highest BCUT2D eigenvalue weighted by molar-refractivity contribution is 7.89. The Hall–Kier alpha value is -0.170. The summed E-state index contributed by atoms with van der Waals surface area (Å²) in [4.78, 5) is 0. The third-order valence-electron chi connectivity index (χ3n) is 3.20. The van der Waals surface area contributed by atoms with Gasteiger partial charge in [-0.25, -0.2) is 13.1 Å². The van der Waals surface area contributed by atoms with Crippen molar-refractivity contribution in [3.05, 3.63) is 0 Å². The molecule has 0 aromatic rings. The van der Waals surface area contributed by atoms with Crippen LogP contribution in [0.25, 0.3) is 0 Å². The van der Waals surface area contributed by atoms with Gasteiger partial charge in [-0.05, 0) is 44.7 Å². The minimum absolute atomic E-state index is 0.238. The van der Waals surface area contributed by atoms with Gasteiger partial charge in [-0.3, -0.25) is 0 Å². The molecule has 1 heterocycles. The molecule has 108 valence electrons. The van der Waals surface area contributed by atoms with Crippen LogP contribution in [0.5, 0.6) is 0 Å². The van der Waals surface area contributed by atoms with E-state index in [4.69, 9.17) is 4.74 Å². The Kier molecular flexibility index (Phi) is 7.81. The van der Waals surface area contributed by atoms with Crippen LogP contribution in [0.2, 0.25) is 0 Å². The van der Waals surface area contributed by atoms with Crippen molar-refractivity contribution in [2.24, 2.45) is 5.92 Å². The molecule has 1 aliphatic heterocycles. The highest BCUT2D eigenvalue weighted by atomic mass is 32.2. The zero-order valence-corrected chi connectivity index (χ0v) is 12.1. The predicted octanol–water partition coefficient (Wildman–Crippen LogP) is 0.722. The van der Waals surface area contributed by atoms with Gasteiger partial charge in [-0.15, -0.1) is 0 Å². The molecule has 0 aliphatic carbocycles. The van der Waals surface area contributed by atoms with Crippen molar-refractivity contribution in [1.29, 1.82) is 0 Å². The fourth-order valence-electron chi connectivity index (χ4n) is 1.99. The van der Waals surface area contributed by atoms with E-state index in [1.54, 1.807) is 0 Å². The molecule has 0 aromatic carbocycles. The molecule has 0 spiro atoms. The van der Waals surface area contributed by atoms with Crippen LogP contribution in [0, 0.1) is 5.92 Å². The summed E-state index contributed by atoms with van der Waals surface area (Å²) in [5, 5.41) is 3.19. The van der Waals surface area contributed by atoms with Crippen molar-refractivity contribution < 1.29 is 13.2 Å². The maximum absolute atomic E-state index is 11.7. The molecule has 0 amide bonds. The Morgan fingerprint density at radius 2 is 1.94 bits per heavy atom. The zero-order valence-electron chi connectivity index (χ0n) is 11.3. The average molecular weight is 278 g/mol. The summed E-state index contributed by atoms with van der Waals surface area (Å²) in [7, 11) is -3.09. The largest absolute Gasteiger partial charge is 0.381 e. The molecule has 1 saturated heterocycles. The van der Waals surface area contributed by atoms with E-state index in [2.05, 4.69) is 10.0 Å². The number of rotatable bonds is 9. The van der Waals surface area contributed by atoms with Crippen LogP contribution in [0.1, 0.15) is 32.6 Å². The lowest BCUT2D eigenvalue weighted by atomic mass is 10.0. The van der Waals surface area contributed by atoms with Crippen LogP contribution in [-0.2, 0) is 14.8 Å². The Balaban J connectivity index is 2.10. The van der Waals surface area contributed by atoms with E-state index in [1.807, 2.05) is 6.92 Å². The second-order valence-electron chi connectivity index (χ2n) is 4.78. The zero-order chi connectivity index (χ0) is 13.3. The third kappa shape index (κ3) is 7.31. The van der Waals surface area contributed by atoms with E-state index >= 15 is 0 Å². The summed E-state index contributed by atoms with van der Waals surface area (Å²) >= 11 is 0. The number of hydrogen-bond donors (Lipinski definition) is 2. The molecule has 0 bridgehead atoms.